The molecular formula is C20H24N2O3. The highest BCUT2D eigenvalue weighted by molar-refractivity contribution is 6.10. The number of hydrogen-bond donors (Lipinski definition) is 1. The molecule has 1 saturated heterocycles. The number of imide groups is 1. The molecular weight excluding hydrogens is 316 g/mol. The second-order valence-corrected chi connectivity index (χ2v) is 7.90. The Kier molecular flexibility index (Phi) is 3.71. The number of fused-ring (bicyclic) bond motifs is 5. The summed E-state index contributed by atoms with van der Waals surface area (Å²) in [7, 11) is 0. The molecule has 5 atom stereocenters. The van der Waals surface area contributed by atoms with Gasteiger partial charge in [0.2, 0.25) is 17.7 Å². The van der Waals surface area contributed by atoms with E-state index in [2.05, 4.69) is 5.32 Å². The topological polar surface area (TPSA) is 66.5 Å². The number of hydrogen-bond acceptors (Lipinski definition) is 3. The average molecular weight is 340 g/mol. The third-order valence-corrected chi connectivity index (χ3v) is 6.50. The van der Waals surface area contributed by atoms with E-state index in [9.17, 15) is 14.4 Å². The van der Waals surface area contributed by atoms with Gasteiger partial charge >= 0.3 is 0 Å². The molecule has 3 amide bonds. The van der Waals surface area contributed by atoms with Crippen LogP contribution in [0.5, 0.6) is 0 Å². The Balaban J connectivity index is 1.51. The first kappa shape index (κ1) is 16.3. The smallest absolute Gasteiger partial charge is 0.247 e. The van der Waals surface area contributed by atoms with E-state index >= 15 is 0 Å². The molecule has 1 N–H and O–H groups in total. The van der Waals surface area contributed by atoms with E-state index in [1.807, 2.05) is 32.0 Å². The van der Waals surface area contributed by atoms with Crippen LogP contribution < -0.4 is 5.32 Å². The summed E-state index contributed by atoms with van der Waals surface area (Å²) in [5.41, 5.74) is 2.93. The lowest BCUT2D eigenvalue weighted by Crippen LogP contribution is -2.46. The third-order valence-electron chi connectivity index (χ3n) is 6.50. The van der Waals surface area contributed by atoms with Crippen LogP contribution in [0.1, 0.15) is 37.3 Å². The van der Waals surface area contributed by atoms with Crippen molar-refractivity contribution in [2.75, 3.05) is 5.32 Å². The summed E-state index contributed by atoms with van der Waals surface area (Å²) in [6.45, 7) is 5.65. The second kappa shape index (κ2) is 5.68. The molecule has 25 heavy (non-hydrogen) atoms. The molecule has 4 rings (SSSR count). The van der Waals surface area contributed by atoms with Crippen LogP contribution in [-0.2, 0) is 14.4 Å². The van der Waals surface area contributed by atoms with Crippen LogP contribution in [0.4, 0.5) is 5.69 Å². The largest absolute Gasteiger partial charge is 0.324 e. The number of aryl methyl sites for hydroxylation is 2. The van der Waals surface area contributed by atoms with Gasteiger partial charge < -0.3 is 5.32 Å². The summed E-state index contributed by atoms with van der Waals surface area (Å²) in [6, 6.07) is 4.92. The summed E-state index contributed by atoms with van der Waals surface area (Å²) in [6.07, 6.45) is 3.09. The summed E-state index contributed by atoms with van der Waals surface area (Å²) < 4.78 is 0. The Bertz CT molecular complexity index is 744. The monoisotopic (exact) mass is 340 g/mol. The van der Waals surface area contributed by atoms with Crippen molar-refractivity contribution in [2.45, 2.75) is 46.1 Å². The number of rotatable bonds is 3. The predicted octanol–water partition coefficient (Wildman–Crippen LogP) is 2.66. The Hall–Kier alpha value is -2.17. The number of carbonyl (C=O) groups excluding carboxylic acids is 3. The van der Waals surface area contributed by atoms with Gasteiger partial charge in [-0.3, -0.25) is 19.3 Å². The van der Waals surface area contributed by atoms with Gasteiger partial charge in [0.15, 0.2) is 0 Å². The van der Waals surface area contributed by atoms with E-state index in [-0.39, 0.29) is 29.6 Å². The molecule has 2 bridgehead atoms. The zero-order chi connectivity index (χ0) is 17.9. The van der Waals surface area contributed by atoms with Crippen molar-refractivity contribution in [3.05, 3.63) is 29.3 Å². The first-order valence-electron chi connectivity index (χ1n) is 9.13. The van der Waals surface area contributed by atoms with Gasteiger partial charge in [-0.2, -0.15) is 0 Å². The number of nitrogens with one attached hydrogen (secondary N) is 1. The number of nitrogens with zero attached hydrogens (tertiary/aromatic N) is 1. The van der Waals surface area contributed by atoms with Crippen molar-refractivity contribution >= 4 is 23.4 Å². The van der Waals surface area contributed by atoms with E-state index in [0.29, 0.717) is 17.5 Å². The van der Waals surface area contributed by atoms with Crippen molar-refractivity contribution in [3.8, 4) is 0 Å². The highest BCUT2D eigenvalue weighted by Crippen LogP contribution is 2.56. The molecule has 2 aliphatic carbocycles. The first-order valence-corrected chi connectivity index (χ1v) is 9.13. The lowest BCUT2D eigenvalue weighted by molar-refractivity contribution is -0.146. The molecule has 1 aliphatic heterocycles. The van der Waals surface area contributed by atoms with E-state index in [1.165, 1.54) is 4.90 Å². The molecule has 2 saturated carbocycles. The molecule has 0 aromatic heterocycles. The van der Waals surface area contributed by atoms with Gasteiger partial charge in [0, 0.05) is 5.69 Å². The zero-order valence-electron chi connectivity index (χ0n) is 14.9. The molecule has 3 aliphatic rings. The quantitative estimate of drug-likeness (QED) is 0.860. The second-order valence-electron chi connectivity index (χ2n) is 7.90. The van der Waals surface area contributed by atoms with Crippen LogP contribution in [0.15, 0.2) is 18.2 Å². The lowest BCUT2D eigenvalue weighted by atomic mass is 9.81. The Morgan fingerprint density at radius 2 is 1.68 bits per heavy atom. The van der Waals surface area contributed by atoms with Crippen LogP contribution in [0.2, 0.25) is 0 Å². The highest BCUT2D eigenvalue weighted by atomic mass is 16.2. The van der Waals surface area contributed by atoms with E-state index < -0.39 is 6.04 Å². The standard InChI is InChI=1S/C20H24N2O3/c1-10-4-7-15(8-11(10)2)21-18(23)12(3)22-19(24)16-13-5-6-14(9-13)17(16)20(22)25/h4,7-8,12-14,16-17H,5-6,9H2,1-3H3,(H,21,23)/t12-,13-,14+,16-,17+/m0/s1. The molecule has 5 heteroatoms. The molecule has 5 nitrogen and oxygen atoms in total. The Morgan fingerprint density at radius 1 is 1.08 bits per heavy atom. The van der Waals surface area contributed by atoms with Gasteiger partial charge in [0.1, 0.15) is 6.04 Å². The van der Waals surface area contributed by atoms with Gasteiger partial charge in [-0.25, -0.2) is 0 Å². The van der Waals surface area contributed by atoms with Crippen LogP contribution in [0.3, 0.4) is 0 Å². The fraction of sp³-hybridized carbons (Fsp3) is 0.550. The van der Waals surface area contributed by atoms with Crippen LogP contribution in [-0.4, -0.2) is 28.7 Å². The van der Waals surface area contributed by atoms with Crippen molar-refractivity contribution in [3.63, 3.8) is 0 Å². The van der Waals surface area contributed by atoms with E-state index in [0.717, 1.165) is 30.4 Å². The van der Waals surface area contributed by atoms with Crippen molar-refractivity contribution in [1.29, 1.82) is 0 Å². The molecule has 1 heterocycles. The third kappa shape index (κ3) is 2.40. The fourth-order valence-electron chi connectivity index (χ4n) is 5.00. The lowest BCUT2D eigenvalue weighted by Gasteiger charge is -2.24. The zero-order valence-corrected chi connectivity index (χ0v) is 14.9. The van der Waals surface area contributed by atoms with E-state index in [1.54, 1.807) is 6.92 Å². The van der Waals surface area contributed by atoms with Crippen molar-refractivity contribution in [2.24, 2.45) is 23.7 Å². The number of anilines is 1. The maximum atomic E-state index is 12.8. The highest BCUT2D eigenvalue weighted by Gasteiger charge is 2.62. The maximum absolute atomic E-state index is 12.8. The SMILES string of the molecule is Cc1ccc(NC(=O)[C@H](C)N2C(=O)[C@@H]3[C@@H]4CC[C@@H](C4)[C@@H]3C2=O)cc1C. The van der Waals surface area contributed by atoms with Crippen molar-refractivity contribution < 1.29 is 14.4 Å². The summed E-state index contributed by atoms with van der Waals surface area (Å²) in [5.74, 6) is -0.253. The molecule has 0 radical (unpaired) electrons. The first-order chi connectivity index (χ1) is 11.9. The number of benzene rings is 1. The minimum atomic E-state index is -0.772. The minimum Gasteiger partial charge on any atom is -0.324 e. The summed E-state index contributed by atoms with van der Waals surface area (Å²) >= 11 is 0. The fourth-order valence-corrected chi connectivity index (χ4v) is 5.00. The van der Waals surface area contributed by atoms with Gasteiger partial charge in [-0.15, -0.1) is 0 Å². The maximum Gasteiger partial charge on any atom is 0.247 e. The Morgan fingerprint density at radius 3 is 2.24 bits per heavy atom. The van der Waals surface area contributed by atoms with E-state index in [4.69, 9.17) is 0 Å². The molecule has 132 valence electrons. The van der Waals surface area contributed by atoms with Gasteiger partial charge in [-0.05, 0) is 75.1 Å². The van der Waals surface area contributed by atoms with Crippen molar-refractivity contribution in [1.82, 2.24) is 4.90 Å². The van der Waals surface area contributed by atoms with Crippen LogP contribution >= 0.6 is 0 Å². The predicted molar refractivity (Wildman–Crippen MR) is 93.7 cm³/mol. The number of carbonyl (C=O) groups is 3. The van der Waals surface area contributed by atoms with Crippen LogP contribution in [0, 0.1) is 37.5 Å². The molecule has 0 spiro atoms. The summed E-state index contributed by atoms with van der Waals surface area (Å²) in [5, 5.41) is 2.85. The van der Waals surface area contributed by atoms with Gasteiger partial charge in [0.25, 0.3) is 0 Å². The molecule has 1 aromatic rings. The molecule has 3 fully saturated rings. The molecule has 1 aromatic carbocycles. The van der Waals surface area contributed by atoms with Gasteiger partial charge in [-0.1, -0.05) is 6.07 Å². The molecule has 0 unspecified atom stereocenters. The Labute approximate surface area is 147 Å². The summed E-state index contributed by atoms with van der Waals surface area (Å²) in [4.78, 5) is 39.5. The number of amides is 3. The van der Waals surface area contributed by atoms with Crippen LogP contribution in [0.25, 0.3) is 0 Å². The normalized spacial score (nSPS) is 31.4. The average Bonchev–Trinajstić information content (AvgIpc) is 3.24. The van der Waals surface area contributed by atoms with Gasteiger partial charge in [0.05, 0.1) is 11.8 Å². The number of likely N-dealkylation sites (tertiary alicyclic amines) is 1. The minimum absolute atomic E-state index is 0.134.